The van der Waals surface area contributed by atoms with Crippen molar-refractivity contribution in [3.63, 3.8) is 0 Å². The molecule has 0 aliphatic carbocycles. The van der Waals surface area contributed by atoms with Crippen molar-refractivity contribution < 1.29 is 24.9 Å². The Labute approximate surface area is 103 Å². The second-order valence-electron chi connectivity index (χ2n) is 4.21. The van der Waals surface area contributed by atoms with Gasteiger partial charge in [0.15, 0.2) is 0 Å². The SMILES string of the molecule is O=C(O)CC(O)C(O)c1ccc2c(c1)C(=O)NC2. The standard InChI is InChI=1S/C12H13NO5/c14-9(4-10(15)16)11(17)6-1-2-7-5-13-12(18)8(7)3-6/h1-3,9,11,14,17H,4-5H2,(H,13,18)(H,15,16). The fraction of sp³-hybridized carbons (Fsp3) is 0.333. The van der Waals surface area contributed by atoms with Gasteiger partial charge in [-0.25, -0.2) is 0 Å². The van der Waals surface area contributed by atoms with Crippen LogP contribution in [-0.2, 0) is 11.3 Å². The van der Waals surface area contributed by atoms with Crippen molar-refractivity contribution in [3.05, 3.63) is 34.9 Å². The maximum absolute atomic E-state index is 11.4. The van der Waals surface area contributed by atoms with Gasteiger partial charge in [0, 0.05) is 12.1 Å². The van der Waals surface area contributed by atoms with Crippen LogP contribution in [0.15, 0.2) is 18.2 Å². The lowest BCUT2D eigenvalue weighted by molar-refractivity contribution is -0.141. The van der Waals surface area contributed by atoms with E-state index in [0.717, 1.165) is 5.56 Å². The largest absolute Gasteiger partial charge is 0.481 e. The van der Waals surface area contributed by atoms with E-state index in [2.05, 4.69) is 5.32 Å². The molecule has 1 aliphatic heterocycles. The Hall–Kier alpha value is -1.92. The van der Waals surface area contributed by atoms with Gasteiger partial charge in [0.25, 0.3) is 5.91 Å². The summed E-state index contributed by atoms with van der Waals surface area (Å²) in [4.78, 5) is 21.9. The molecule has 18 heavy (non-hydrogen) atoms. The molecular formula is C12H13NO5. The summed E-state index contributed by atoms with van der Waals surface area (Å²) in [5.74, 6) is -1.42. The van der Waals surface area contributed by atoms with E-state index in [0.29, 0.717) is 17.7 Å². The van der Waals surface area contributed by atoms with Crippen molar-refractivity contribution in [1.82, 2.24) is 5.32 Å². The fourth-order valence-corrected chi connectivity index (χ4v) is 1.93. The summed E-state index contributed by atoms with van der Waals surface area (Å²) in [6.45, 7) is 0.447. The monoisotopic (exact) mass is 251 g/mol. The molecule has 4 N–H and O–H groups in total. The number of carbonyl (C=O) groups is 2. The highest BCUT2D eigenvalue weighted by molar-refractivity contribution is 5.98. The lowest BCUT2D eigenvalue weighted by Crippen LogP contribution is -2.22. The number of carbonyl (C=O) groups excluding carboxylic acids is 1. The molecule has 1 heterocycles. The van der Waals surface area contributed by atoms with E-state index in [9.17, 15) is 19.8 Å². The average Bonchev–Trinajstić information content (AvgIpc) is 2.69. The van der Waals surface area contributed by atoms with Crippen LogP contribution in [0.2, 0.25) is 0 Å². The molecule has 1 aromatic carbocycles. The van der Waals surface area contributed by atoms with Crippen LogP contribution in [0, 0.1) is 0 Å². The molecule has 1 amide bonds. The minimum Gasteiger partial charge on any atom is -0.481 e. The third kappa shape index (κ3) is 2.34. The maximum atomic E-state index is 11.4. The molecule has 1 aliphatic rings. The van der Waals surface area contributed by atoms with Gasteiger partial charge in [0.05, 0.1) is 12.5 Å². The summed E-state index contributed by atoms with van der Waals surface area (Å²) in [6.07, 6.45) is -3.27. The summed E-state index contributed by atoms with van der Waals surface area (Å²) in [7, 11) is 0. The summed E-state index contributed by atoms with van der Waals surface area (Å²) >= 11 is 0. The van der Waals surface area contributed by atoms with E-state index in [-0.39, 0.29) is 5.91 Å². The number of hydrogen-bond donors (Lipinski definition) is 4. The topological polar surface area (TPSA) is 107 Å². The van der Waals surface area contributed by atoms with Crippen molar-refractivity contribution in [2.45, 2.75) is 25.2 Å². The molecule has 0 saturated carbocycles. The van der Waals surface area contributed by atoms with Crippen LogP contribution in [-0.4, -0.2) is 33.3 Å². The zero-order valence-corrected chi connectivity index (χ0v) is 9.46. The Bertz CT molecular complexity index is 499. The van der Waals surface area contributed by atoms with Gasteiger partial charge in [-0.1, -0.05) is 12.1 Å². The van der Waals surface area contributed by atoms with Crippen LogP contribution in [0.25, 0.3) is 0 Å². The van der Waals surface area contributed by atoms with Gasteiger partial charge in [-0.05, 0) is 17.2 Å². The lowest BCUT2D eigenvalue weighted by Gasteiger charge is -2.16. The number of carboxylic acid groups (broad SMARTS) is 1. The van der Waals surface area contributed by atoms with E-state index in [1.165, 1.54) is 6.07 Å². The van der Waals surface area contributed by atoms with Crippen LogP contribution in [0.3, 0.4) is 0 Å². The van der Waals surface area contributed by atoms with Gasteiger partial charge in [-0.15, -0.1) is 0 Å². The molecule has 6 nitrogen and oxygen atoms in total. The predicted octanol–water partition coefficient (Wildman–Crippen LogP) is -0.201. The van der Waals surface area contributed by atoms with Crippen molar-refractivity contribution >= 4 is 11.9 Å². The molecule has 1 aromatic rings. The number of nitrogens with one attached hydrogen (secondary N) is 1. The second kappa shape index (κ2) is 4.75. The summed E-state index contributed by atoms with van der Waals surface area (Å²) in [6, 6.07) is 4.74. The second-order valence-corrected chi connectivity index (χ2v) is 4.21. The first kappa shape index (κ1) is 12.5. The molecule has 6 heteroatoms. The van der Waals surface area contributed by atoms with E-state index in [4.69, 9.17) is 5.11 Å². The quantitative estimate of drug-likeness (QED) is 0.593. The van der Waals surface area contributed by atoms with Crippen LogP contribution >= 0.6 is 0 Å². The molecule has 2 unspecified atom stereocenters. The highest BCUT2D eigenvalue weighted by atomic mass is 16.4. The normalized spacial score (nSPS) is 16.9. The van der Waals surface area contributed by atoms with Crippen molar-refractivity contribution in [1.29, 1.82) is 0 Å². The minimum atomic E-state index is -1.40. The highest BCUT2D eigenvalue weighted by Crippen LogP contribution is 2.24. The number of fused-ring (bicyclic) bond motifs is 1. The number of aliphatic carboxylic acids is 1. The van der Waals surface area contributed by atoms with E-state index in [1.807, 2.05) is 0 Å². The number of benzene rings is 1. The Balaban J connectivity index is 2.21. The number of carboxylic acids is 1. The molecule has 2 atom stereocenters. The molecule has 0 saturated heterocycles. The zero-order valence-electron chi connectivity index (χ0n) is 9.46. The lowest BCUT2D eigenvalue weighted by atomic mass is 9.98. The first-order valence-corrected chi connectivity index (χ1v) is 5.48. The number of amides is 1. The van der Waals surface area contributed by atoms with E-state index >= 15 is 0 Å². The van der Waals surface area contributed by atoms with Crippen LogP contribution < -0.4 is 5.32 Å². The smallest absolute Gasteiger partial charge is 0.306 e. The molecule has 96 valence electrons. The first-order valence-electron chi connectivity index (χ1n) is 5.48. The van der Waals surface area contributed by atoms with Crippen LogP contribution in [0.1, 0.15) is 34.0 Å². The molecule has 0 spiro atoms. The number of aliphatic hydroxyl groups excluding tert-OH is 2. The zero-order chi connectivity index (χ0) is 13.3. The van der Waals surface area contributed by atoms with Gasteiger partial charge < -0.3 is 20.6 Å². The van der Waals surface area contributed by atoms with Gasteiger partial charge in [-0.2, -0.15) is 0 Å². The van der Waals surface area contributed by atoms with Gasteiger partial charge in [0.2, 0.25) is 0 Å². The number of hydrogen-bond acceptors (Lipinski definition) is 4. The maximum Gasteiger partial charge on any atom is 0.306 e. The van der Waals surface area contributed by atoms with Crippen molar-refractivity contribution in [2.24, 2.45) is 0 Å². The minimum absolute atomic E-state index is 0.230. The van der Waals surface area contributed by atoms with Crippen molar-refractivity contribution in [2.75, 3.05) is 0 Å². The molecule has 0 radical (unpaired) electrons. The third-order valence-corrected chi connectivity index (χ3v) is 2.91. The van der Waals surface area contributed by atoms with Crippen molar-refractivity contribution in [3.8, 4) is 0 Å². The first-order chi connectivity index (χ1) is 8.49. The van der Waals surface area contributed by atoms with Crippen LogP contribution in [0.5, 0.6) is 0 Å². The summed E-state index contributed by atoms with van der Waals surface area (Å²) < 4.78 is 0. The summed E-state index contributed by atoms with van der Waals surface area (Å²) in [5.41, 5.74) is 1.61. The Morgan fingerprint density at radius 3 is 2.78 bits per heavy atom. The number of rotatable bonds is 4. The third-order valence-electron chi connectivity index (χ3n) is 2.91. The van der Waals surface area contributed by atoms with Gasteiger partial charge in [0.1, 0.15) is 6.10 Å². The van der Waals surface area contributed by atoms with Gasteiger partial charge >= 0.3 is 5.97 Å². The van der Waals surface area contributed by atoms with Gasteiger partial charge in [-0.3, -0.25) is 9.59 Å². The highest BCUT2D eigenvalue weighted by Gasteiger charge is 2.24. The Kier molecular flexibility index (Phi) is 3.31. The van der Waals surface area contributed by atoms with Crippen LogP contribution in [0.4, 0.5) is 0 Å². The van der Waals surface area contributed by atoms with E-state index in [1.54, 1.807) is 12.1 Å². The molecule has 0 fully saturated rings. The molecule has 0 aromatic heterocycles. The number of aliphatic hydroxyl groups is 2. The summed E-state index contributed by atoms with van der Waals surface area (Å²) in [5, 5.41) is 30.5. The Morgan fingerprint density at radius 2 is 2.11 bits per heavy atom. The molecule has 0 bridgehead atoms. The molecule has 2 rings (SSSR count). The van der Waals surface area contributed by atoms with E-state index < -0.39 is 24.6 Å². The predicted molar refractivity (Wildman–Crippen MR) is 60.8 cm³/mol. The average molecular weight is 251 g/mol. The Morgan fingerprint density at radius 1 is 1.39 bits per heavy atom. The molecular weight excluding hydrogens is 238 g/mol. The fourth-order valence-electron chi connectivity index (χ4n) is 1.93.